The first-order chi connectivity index (χ1) is 9.20. The summed E-state index contributed by atoms with van der Waals surface area (Å²) in [5.41, 5.74) is 8.56. The van der Waals surface area contributed by atoms with Crippen LogP contribution in [0.2, 0.25) is 0 Å². The van der Waals surface area contributed by atoms with Gasteiger partial charge in [0.2, 0.25) is 0 Å². The van der Waals surface area contributed by atoms with Crippen LogP contribution in [0.25, 0.3) is 0 Å². The third-order valence-corrected chi connectivity index (χ3v) is 4.15. The van der Waals surface area contributed by atoms with E-state index in [9.17, 15) is 0 Å². The summed E-state index contributed by atoms with van der Waals surface area (Å²) in [7, 11) is 2.17. The normalized spacial score (nSPS) is 17.6. The van der Waals surface area contributed by atoms with Crippen LogP contribution < -0.4 is 10.6 Å². The maximum Gasteiger partial charge on any atom is 0.0364 e. The van der Waals surface area contributed by atoms with Gasteiger partial charge in [-0.2, -0.15) is 0 Å². The highest BCUT2D eigenvalue weighted by Gasteiger charge is 2.12. The van der Waals surface area contributed by atoms with Gasteiger partial charge >= 0.3 is 0 Å². The molecule has 0 amide bonds. The number of rotatable bonds is 6. The summed E-state index contributed by atoms with van der Waals surface area (Å²) >= 11 is 0. The summed E-state index contributed by atoms with van der Waals surface area (Å²) in [5, 5.41) is 0. The van der Waals surface area contributed by atoms with Crippen molar-refractivity contribution in [2.24, 2.45) is 5.73 Å². The first-order valence-electron chi connectivity index (χ1n) is 7.49. The predicted octanol–water partition coefficient (Wildman–Crippen LogP) is 2.63. The number of nitrogens with two attached hydrogens (primary N) is 1. The molecule has 1 unspecified atom stereocenters. The van der Waals surface area contributed by atoms with Gasteiger partial charge in [-0.1, -0.05) is 19.1 Å². The Labute approximate surface area is 117 Å². The Morgan fingerprint density at radius 1 is 1.21 bits per heavy atom. The fourth-order valence-corrected chi connectivity index (χ4v) is 2.64. The lowest BCUT2D eigenvalue weighted by molar-refractivity contribution is 0.346. The average molecular weight is 261 g/mol. The molecule has 19 heavy (non-hydrogen) atoms. The fourth-order valence-electron chi connectivity index (χ4n) is 2.64. The summed E-state index contributed by atoms with van der Waals surface area (Å²) in [6.07, 6.45) is 3.73. The zero-order chi connectivity index (χ0) is 13.7. The summed E-state index contributed by atoms with van der Waals surface area (Å²) in [6, 6.07) is 8.87. The minimum absolute atomic E-state index is 0.170. The molecule has 1 aromatic rings. The van der Waals surface area contributed by atoms with Crippen LogP contribution in [-0.2, 0) is 0 Å². The van der Waals surface area contributed by atoms with Crippen molar-refractivity contribution >= 4 is 5.69 Å². The van der Waals surface area contributed by atoms with E-state index in [4.69, 9.17) is 5.73 Å². The third kappa shape index (κ3) is 3.95. The van der Waals surface area contributed by atoms with Crippen molar-refractivity contribution in [1.29, 1.82) is 0 Å². The highest BCUT2D eigenvalue weighted by Crippen LogP contribution is 2.19. The number of likely N-dealkylation sites (tertiary alicyclic amines) is 1. The van der Waals surface area contributed by atoms with E-state index in [0.717, 1.165) is 13.0 Å². The molecule has 1 fully saturated rings. The highest BCUT2D eigenvalue weighted by molar-refractivity contribution is 5.47. The molecule has 1 atom stereocenters. The van der Waals surface area contributed by atoms with Gasteiger partial charge in [0.1, 0.15) is 0 Å². The van der Waals surface area contributed by atoms with Crippen LogP contribution in [0.1, 0.15) is 37.8 Å². The smallest absolute Gasteiger partial charge is 0.0364 e. The molecule has 2 N–H and O–H groups in total. The molecule has 1 heterocycles. The van der Waals surface area contributed by atoms with Crippen LogP contribution in [0, 0.1) is 0 Å². The second-order valence-electron chi connectivity index (χ2n) is 5.58. The first kappa shape index (κ1) is 14.4. The van der Waals surface area contributed by atoms with Crippen LogP contribution >= 0.6 is 0 Å². The number of hydrogen-bond acceptors (Lipinski definition) is 3. The Kier molecular flexibility index (Phi) is 5.23. The predicted molar refractivity (Wildman–Crippen MR) is 82.6 cm³/mol. The van der Waals surface area contributed by atoms with Crippen LogP contribution in [0.4, 0.5) is 5.69 Å². The highest BCUT2D eigenvalue weighted by atomic mass is 15.2. The molecule has 1 aromatic carbocycles. The standard InChI is InChI=1S/C16H27N3/c1-3-16(17)14-6-8-15(9-7-14)18(2)12-13-19-10-4-5-11-19/h6-9,16H,3-5,10-13,17H2,1-2H3. The van der Waals surface area contributed by atoms with Gasteiger partial charge in [0.15, 0.2) is 0 Å². The Bertz CT molecular complexity index is 368. The van der Waals surface area contributed by atoms with Gasteiger partial charge in [-0.3, -0.25) is 0 Å². The topological polar surface area (TPSA) is 32.5 Å². The molecule has 1 saturated heterocycles. The van der Waals surface area contributed by atoms with Crippen LogP contribution in [0.5, 0.6) is 0 Å². The van der Waals surface area contributed by atoms with Crippen LogP contribution in [-0.4, -0.2) is 38.1 Å². The van der Waals surface area contributed by atoms with Gasteiger partial charge in [-0.15, -0.1) is 0 Å². The monoisotopic (exact) mass is 261 g/mol. The van der Waals surface area contributed by atoms with Gasteiger partial charge in [-0.05, 0) is 50.0 Å². The van der Waals surface area contributed by atoms with E-state index < -0.39 is 0 Å². The van der Waals surface area contributed by atoms with E-state index in [2.05, 4.69) is 48.0 Å². The van der Waals surface area contributed by atoms with Crippen molar-refractivity contribution in [3.63, 3.8) is 0 Å². The van der Waals surface area contributed by atoms with E-state index in [1.54, 1.807) is 0 Å². The molecular formula is C16H27N3. The Morgan fingerprint density at radius 2 is 1.84 bits per heavy atom. The van der Waals surface area contributed by atoms with Gasteiger partial charge in [-0.25, -0.2) is 0 Å². The number of likely N-dealkylation sites (N-methyl/N-ethyl adjacent to an activating group) is 1. The second kappa shape index (κ2) is 6.92. The second-order valence-corrected chi connectivity index (χ2v) is 5.58. The summed E-state index contributed by atoms with van der Waals surface area (Å²) in [4.78, 5) is 4.89. The quantitative estimate of drug-likeness (QED) is 0.854. The molecule has 0 aliphatic carbocycles. The zero-order valence-electron chi connectivity index (χ0n) is 12.3. The average Bonchev–Trinajstić information content (AvgIpc) is 2.97. The lowest BCUT2D eigenvalue weighted by Gasteiger charge is -2.23. The SMILES string of the molecule is CCC(N)c1ccc(N(C)CCN2CCCC2)cc1. The molecule has 106 valence electrons. The molecule has 0 saturated carbocycles. The minimum atomic E-state index is 0.170. The van der Waals surface area contributed by atoms with Crippen molar-refractivity contribution in [3.05, 3.63) is 29.8 Å². The maximum atomic E-state index is 6.04. The minimum Gasteiger partial charge on any atom is -0.373 e. The van der Waals surface area contributed by atoms with Crippen LogP contribution in [0.3, 0.4) is 0 Å². The van der Waals surface area contributed by atoms with Gasteiger partial charge in [0.25, 0.3) is 0 Å². The summed E-state index contributed by atoms with van der Waals surface area (Å²) in [5.74, 6) is 0. The zero-order valence-corrected chi connectivity index (χ0v) is 12.3. The van der Waals surface area contributed by atoms with E-state index in [0.29, 0.717) is 0 Å². The van der Waals surface area contributed by atoms with E-state index >= 15 is 0 Å². The molecule has 2 rings (SSSR count). The van der Waals surface area contributed by atoms with Crippen molar-refractivity contribution in [2.75, 3.05) is 38.1 Å². The maximum absolute atomic E-state index is 6.04. The summed E-state index contributed by atoms with van der Waals surface area (Å²) < 4.78 is 0. The molecule has 0 aromatic heterocycles. The van der Waals surface area contributed by atoms with Crippen molar-refractivity contribution < 1.29 is 0 Å². The van der Waals surface area contributed by atoms with E-state index in [-0.39, 0.29) is 6.04 Å². The van der Waals surface area contributed by atoms with Crippen molar-refractivity contribution in [2.45, 2.75) is 32.2 Å². The molecule has 0 radical (unpaired) electrons. The molecule has 0 spiro atoms. The number of hydrogen-bond donors (Lipinski definition) is 1. The van der Waals surface area contributed by atoms with Gasteiger partial charge in [0.05, 0.1) is 0 Å². The van der Waals surface area contributed by atoms with E-state index in [1.807, 2.05) is 0 Å². The summed E-state index contributed by atoms with van der Waals surface area (Å²) in [6.45, 7) is 6.95. The van der Waals surface area contributed by atoms with Crippen molar-refractivity contribution in [1.82, 2.24) is 4.90 Å². The molecular weight excluding hydrogens is 234 g/mol. The molecule has 1 aliphatic rings. The lowest BCUT2D eigenvalue weighted by atomic mass is 10.1. The van der Waals surface area contributed by atoms with E-state index in [1.165, 1.54) is 43.7 Å². The Hall–Kier alpha value is -1.06. The number of benzene rings is 1. The first-order valence-corrected chi connectivity index (χ1v) is 7.49. The molecule has 0 bridgehead atoms. The van der Waals surface area contributed by atoms with Gasteiger partial charge in [0, 0.05) is 31.9 Å². The van der Waals surface area contributed by atoms with Gasteiger partial charge < -0.3 is 15.5 Å². The Morgan fingerprint density at radius 3 is 2.42 bits per heavy atom. The fraction of sp³-hybridized carbons (Fsp3) is 0.625. The number of anilines is 1. The largest absolute Gasteiger partial charge is 0.373 e. The third-order valence-electron chi connectivity index (χ3n) is 4.15. The Balaban J connectivity index is 1.86. The molecule has 3 nitrogen and oxygen atoms in total. The van der Waals surface area contributed by atoms with Crippen molar-refractivity contribution in [3.8, 4) is 0 Å². The molecule has 3 heteroatoms. The van der Waals surface area contributed by atoms with Crippen LogP contribution in [0.15, 0.2) is 24.3 Å². The number of nitrogens with zero attached hydrogens (tertiary/aromatic N) is 2. The molecule has 1 aliphatic heterocycles. The lowest BCUT2D eigenvalue weighted by Crippen LogP contribution is -2.31.